The van der Waals surface area contributed by atoms with Crippen LogP contribution in [-0.2, 0) is 4.79 Å². The van der Waals surface area contributed by atoms with Crippen LogP contribution >= 0.6 is 24.0 Å². The van der Waals surface area contributed by atoms with E-state index in [0.29, 0.717) is 11.6 Å². The number of nitrogens with one attached hydrogen (secondary N) is 3. The Kier molecular flexibility index (Phi) is 10.6. The Labute approximate surface area is 141 Å². The zero-order valence-electron chi connectivity index (χ0n) is 12.3. The van der Waals surface area contributed by atoms with E-state index in [1.807, 2.05) is 0 Å². The summed E-state index contributed by atoms with van der Waals surface area (Å²) in [5, 5.41) is 8.68. The molecule has 0 saturated carbocycles. The lowest BCUT2D eigenvalue weighted by atomic mass is 10.3. The van der Waals surface area contributed by atoms with Crippen LogP contribution in [-0.4, -0.2) is 32.0 Å². The zero-order valence-corrected chi connectivity index (χ0v) is 14.6. The van der Waals surface area contributed by atoms with Crippen LogP contribution in [0.4, 0.5) is 10.1 Å². The molecule has 1 amide bonds. The second kappa shape index (κ2) is 11.3. The molecule has 0 bridgehead atoms. The topological polar surface area (TPSA) is 65.5 Å². The van der Waals surface area contributed by atoms with Gasteiger partial charge in [-0.15, -0.1) is 24.0 Å². The summed E-state index contributed by atoms with van der Waals surface area (Å²) in [7, 11) is 1.65. The third-order valence-corrected chi connectivity index (χ3v) is 2.59. The predicted octanol–water partition coefficient (Wildman–Crippen LogP) is 2.35. The summed E-state index contributed by atoms with van der Waals surface area (Å²) < 4.78 is 12.7. The number of benzene rings is 1. The highest BCUT2D eigenvalue weighted by Gasteiger charge is 2.04. The molecule has 7 heteroatoms. The summed E-state index contributed by atoms with van der Waals surface area (Å²) in [6, 6.07) is 5.63. The third-order valence-electron chi connectivity index (χ3n) is 2.59. The standard InChI is InChI=1S/C14H21FN4O.HI/c1-3-4-9-17-14(16-2)18-10-13(20)19-12-7-5-11(15)6-8-12;/h5-8H,3-4,9-10H2,1-2H3,(H,19,20)(H2,16,17,18);1H. The highest BCUT2D eigenvalue weighted by molar-refractivity contribution is 14.0. The van der Waals surface area contributed by atoms with Gasteiger partial charge in [0.2, 0.25) is 5.91 Å². The van der Waals surface area contributed by atoms with Gasteiger partial charge >= 0.3 is 0 Å². The maximum absolute atomic E-state index is 12.7. The number of hydrogen-bond acceptors (Lipinski definition) is 2. The number of rotatable bonds is 6. The smallest absolute Gasteiger partial charge is 0.243 e. The van der Waals surface area contributed by atoms with E-state index in [9.17, 15) is 9.18 Å². The maximum Gasteiger partial charge on any atom is 0.243 e. The summed E-state index contributed by atoms with van der Waals surface area (Å²) in [6.45, 7) is 3.02. The Morgan fingerprint density at radius 2 is 1.90 bits per heavy atom. The van der Waals surface area contributed by atoms with Gasteiger partial charge in [-0.2, -0.15) is 0 Å². The fourth-order valence-corrected chi connectivity index (χ4v) is 1.51. The minimum atomic E-state index is -0.332. The number of amides is 1. The minimum absolute atomic E-state index is 0. The van der Waals surface area contributed by atoms with Crippen LogP contribution in [0.25, 0.3) is 0 Å². The molecule has 5 nitrogen and oxygen atoms in total. The Hall–Kier alpha value is -1.38. The molecule has 1 rings (SSSR count). The number of nitrogens with zero attached hydrogens (tertiary/aromatic N) is 1. The number of hydrogen-bond donors (Lipinski definition) is 3. The first-order chi connectivity index (χ1) is 9.65. The summed E-state index contributed by atoms with van der Waals surface area (Å²) in [4.78, 5) is 15.7. The Morgan fingerprint density at radius 3 is 2.48 bits per heavy atom. The highest BCUT2D eigenvalue weighted by atomic mass is 127. The lowest BCUT2D eigenvalue weighted by molar-refractivity contribution is -0.115. The van der Waals surface area contributed by atoms with E-state index in [4.69, 9.17) is 0 Å². The second-order valence-corrected chi connectivity index (χ2v) is 4.26. The molecular formula is C14H22FIN4O. The summed E-state index contributed by atoms with van der Waals surface area (Å²) in [6.07, 6.45) is 2.14. The molecule has 118 valence electrons. The number of anilines is 1. The lowest BCUT2D eigenvalue weighted by Crippen LogP contribution is -2.41. The Bertz CT molecular complexity index is 451. The van der Waals surface area contributed by atoms with E-state index in [1.54, 1.807) is 7.05 Å². The van der Waals surface area contributed by atoms with E-state index in [-0.39, 0.29) is 42.2 Å². The van der Waals surface area contributed by atoms with Crippen molar-refractivity contribution in [2.24, 2.45) is 4.99 Å². The Balaban J connectivity index is 0.00000400. The van der Waals surface area contributed by atoms with Gasteiger partial charge in [-0.25, -0.2) is 4.39 Å². The molecule has 0 heterocycles. The summed E-state index contributed by atoms with van der Waals surface area (Å²) in [5.74, 6) is 0.0457. The molecule has 3 N–H and O–H groups in total. The SMILES string of the molecule is CCCCNC(=NC)NCC(=O)Nc1ccc(F)cc1.I. The largest absolute Gasteiger partial charge is 0.356 e. The fourth-order valence-electron chi connectivity index (χ4n) is 1.51. The first kappa shape index (κ1) is 19.6. The molecule has 0 unspecified atom stereocenters. The van der Waals surface area contributed by atoms with Gasteiger partial charge in [-0.3, -0.25) is 9.79 Å². The van der Waals surface area contributed by atoms with Gasteiger partial charge in [0.25, 0.3) is 0 Å². The van der Waals surface area contributed by atoms with Crippen molar-refractivity contribution in [3.63, 3.8) is 0 Å². The molecule has 0 aromatic heterocycles. The number of unbranched alkanes of at least 4 members (excludes halogenated alkanes) is 1. The van der Waals surface area contributed by atoms with Crippen molar-refractivity contribution in [3.05, 3.63) is 30.1 Å². The fraction of sp³-hybridized carbons (Fsp3) is 0.429. The van der Waals surface area contributed by atoms with Crippen molar-refractivity contribution in [2.75, 3.05) is 25.5 Å². The lowest BCUT2D eigenvalue weighted by Gasteiger charge is -2.11. The molecule has 0 fully saturated rings. The van der Waals surface area contributed by atoms with Crippen LogP contribution in [0.2, 0.25) is 0 Å². The average Bonchev–Trinajstić information content (AvgIpc) is 2.45. The van der Waals surface area contributed by atoms with Crippen LogP contribution in [0.5, 0.6) is 0 Å². The van der Waals surface area contributed by atoms with Crippen LogP contribution in [0, 0.1) is 5.82 Å². The molecule has 0 radical (unpaired) electrons. The number of carbonyl (C=O) groups is 1. The van der Waals surface area contributed by atoms with Crippen LogP contribution < -0.4 is 16.0 Å². The molecule has 21 heavy (non-hydrogen) atoms. The van der Waals surface area contributed by atoms with Crippen molar-refractivity contribution >= 4 is 41.5 Å². The molecule has 0 aliphatic carbocycles. The normalized spacial score (nSPS) is 10.5. The average molecular weight is 408 g/mol. The van der Waals surface area contributed by atoms with Gasteiger partial charge < -0.3 is 16.0 Å². The highest BCUT2D eigenvalue weighted by Crippen LogP contribution is 2.07. The van der Waals surface area contributed by atoms with E-state index in [0.717, 1.165) is 19.4 Å². The first-order valence-corrected chi connectivity index (χ1v) is 6.65. The summed E-state index contributed by atoms with van der Waals surface area (Å²) >= 11 is 0. The number of guanidine groups is 1. The molecule has 1 aromatic rings. The van der Waals surface area contributed by atoms with Gasteiger partial charge in [0.1, 0.15) is 5.82 Å². The molecule has 1 aromatic carbocycles. The second-order valence-electron chi connectivity index (χ2n) is 4.26. The van der Waals surface area contributed by atoms with Crippen LogP contribution in [0.1, 0.15) is 19.8 Å². The minimum Gasteiger partial charge on any atom is -0.356 e. The monoisotopic (exact) mass is 408 g/mol. The van der Waals surface area contributed by atoms with Gasteiger partial charge in [0, 0.05) is 19.3 Å². The molecule has 0 atom stereocenters. The number of halogens is 2. The van der Waals surface area contributed by atoms with Crippen molar-refractivity contribution in [1.82, 2.24) is 10.6 Å². The van der Waals surface area contributed by atoms with E-state index < -0.39 is 0 Å². The van der Waals surface area contributed by atoms with Crippen LogP contribution in [0.3, 0.4) is 0 Å². The van der Waals surface area contributed by atoms with E-state index in [1.165, 1.54) is 24.3 Å². The van der Waals surface area contributed by atoms with Crippen molar-refractivity contribution < 1.29 is 9.18 Å². The van der Waals surface area contributed by atoms with Gasteiger partial charge in [0.15, 0.2) is 5.96 Å². The number of carbonyl (C=O) groups excluding carboxylic acids is 1. The summed E-state index contributed by atoms with van der Waals surface area (Å²) in [5.41, 5.74) is 0.562. The maximum atomic E-state index is 12.7. The first-order valence-electron chi connectivity index (χ1n) is 6.65. The quantitative estimate of drug-likeness (QED) is 0.293. The predicted molar refractivity (Wildman–Crippen MR) is 94.7 cm³/mol. The van der Waals surface area contributed by atoms with Gasteiger partial charge in [-0.05, 0) is 30.7 Å². The van der Waals surface area contributed by atoms with E-state index in [2.05, 4.69) is 27.9 Å². The van der Waals surface area contributed by atoms with Crippen LogP contribution in [0.15, 0.2) is 29.3 Å². The van der Waals surface area contributed by atoms with Crippen molar-refractivity contribution in [3.8, 4) is 0 Å². The van der Waals surface area contributed by atoms with Gasteiger partial charge in [-0.1, -0.05) is 13.3 Å². The molecule has 0 aliphatic rings. The zero-order chi connectivity index (χ0) is 14.8. The number of aliphatic imine (C=N–C) groups is 1. The van der Waals surface area contributed by atoms with E-state index >= 15 is 0 Å². The molecule has 0 spiro atoms. The molecule has 0 saturated heterocycles. The Morgan fingerprint density at radius 1 is 1.24 bits per heavy atom. The molecular weight excluding hydrogens is 386 g/mol. The van der Waals surface area contributed by atoms with Crippen molar-refractivity contribution in [1.29, 1.82) is 0 Å². The van der Waals surface area contributed by atoms with Crippen molar-refractivity contribution in [2.45, 2.75) is 19.8 Å². The third kappa shape index (κ3) is 8.49. The van der Waals surface area contributed by atoms with Gasteiger partial charge in [0.05, 0.1) is 6.54 Å². The molecule has 0 aliphatic heterocycles.